The van der Waals surface area contributed by atoms with Gasteiger partial charge in [0.2, 0.25) is 5.91 Å². The number of halogens is 3. The Morgan fingerprint density at radius 3 is 1.93 bits per heavy atom. The first-order valence-electron chi connectivity index (χ1n) is 3.38. The van der Waals surface area contributed by atoms with Gasteiger partial charge in [0.1, 0.15) is 0 Å². The minimum absolute atomic E-state index is 0. The van der Waals surface area contributed by atoms with Gasteiger partial charge < -0.3 is 5.73 Å². The molecule has 6 heteroatoms. The fraction of sp³-hybridized carbons (Fsp3) is 0.125. The van der Waals surface area contributed by atoms with Gasteiger partial charge in [-0.1, -0.05) is 0 Å². The number of hydrogen-bond donors (Lipinski definition) is 1. The SMILES string of the molecule is NC(=O)c1ccc(C(F)(F)F)cc1.[HH].[Y]. The first kappa shape index (κ1) is 13.6. The fourth-order valence-electron chi connectivity index (χ4n) is 0.823. The molecule has 2 nitrogen and oxygen atoms in total. The Bertz CT molecular complexity index is 326. The Hall–Kier alpha value is -0.416. The Morgan fingerprint density at radius 2 is 1.64 bits per heavy atom. The van der Waals surface area contributed by atoms with Crippen molar-refractivity contribution in [1.29, 1.82) is 0 Å². The van der Waals surface area contributed by atoms with Crippen LogP contribution in [0, 0.1) is 0 Å². The van der Waals surface area contributed by atoms with E-state index in [2.05, 4.69) is 0 Å². The number of carbonyl (C=O) groups excluding carboxylic acids is 1. The molecule has 1 amide bonds. The van der Waals surface area contributed by atoms with Gasteiger partial charge in [-0.25, -0.2) is 0 Å². The zero-order valence-electron chi connectivity index (χ0n) is 7.01. The molecular formula is C8H8F3NOY. The summed E-state index contributed by atoms with van der Waals surface area (Å²) in [5.74, 6) is -0.742. The topological polar surface area (TPSA) is 43.1 Å². The van der Waals surface area contributed by atoms with E-state index in [4.69, 9.17) is 5.73 Å². The fourth-order valence-corrected chi connectivity index (χ4v) is 0.823. The third-order valence-electron chi connectivity index (χ3n) is 1.50. The second-order valence-electron chi connectivity index (χ2n) is 2.44. The molecule has 1 rings (SSSR count). The predicted octanol–water partition coefficient (Wildman–Crippen LogP) is 2.05. The van der Waals surface area contributed by atoms with Crippen LogP contribution in [0.15, 0.2) is 24.3 Å². The zero-order chi connectivity index (χ0) is 10.1. The van der Waals surface area contributed by atoms with Crippen molar-refractivity contribution in [3.63, 3.8) is 0 Å². The first-order chi connectivity index (χ1) is 5.91. The Labute approximate surface area is 105 Å². The molecule has 0 saturated carbocycles. The van der Waals surface area contributed by atoms with Crippen LogP contribution in [0.5, 0.6) is 0 Å². The monoisotopic (exact) mass is 280 g/mol. The molecule has 0 heterocycles. The van der Waals surface area contributed by atoms with Crippen molar-refractivity contribution in [3.8, 4) is 0 Å². The molecule has 0 spiro atoms. The van der Waals surface area contributed by atoms with Gasteiger partial charge >= 0.3 is 6.18 Å². The predicted molar refractivity (Wildman–Crippen MR) is 42.1 cm³/mol. The van der Waals surface area contributed by atoms with Crippen molar-refractivity contribution >= 4 is 5.91 Å². The van der Waals surface area contributed by atoms with Gasteiger partial charge in [-0.2, -0.15) is 13.2 Å². The van der Waals surface area contributed by atoms with E-state index in [-0.39, 0.29) is 39.7 Å². The Kier molecular flexibility index (Phi) is 4.74. The molecule has 1 radical (unpaired) electrons. The minimum atomic E-state index is -4.38. The van der Waals surface area contributed by atoms with Crippen LogP contribution in [-0.2, 0) is 38.9 Å². The number of benzene rings is 1. The summed E-state index contributed by atoms with van der Waals surface area (Å²) >= 11 is 0. The molecule has 0 saturated heterocycles. The third kappa shape index (κ3) is 3.38. The summed E-state index contributed by atoms with van der Waals surface area (Å²) in [4.78, 5) is 10.5. The van der Waals surface area contributed by atoms with Gasteiger partial charge in [0.05, 0.1) is 5.56 Å². The number of nitrogens with two attached hydrogens (primary N) is 1. The normalized spacial score (nSPS) is 10.5. The standard InChI is InChI=1S/C8H6F3NO.Y.H2/c9-8(10,11)6-3-1-5(2-4-6)7(12)13;;/h1-4H,(H2,12,13);;1H. The van der Waals surface area contributed by atoms with E-state index >= 15 is 0 Å². The second-order valence-corrected chi connectivity index (χ2v) is 2.44. The summed E-state index contributed by atoms with van der Waals surface area (Å²) in [6.45, 7) is 0. The smallest absolute Gasteiger partial charge is 0.366 e. The number of amides is 1. The van der Waals surface area contributed by atoms with Gasteiger partial charge in [0.25, 0.3) is 0 Å². The van der Waals surface area contributed by atoms with Crippen LogP contribution in [0.4, 0.5) is 13.2 Å². The summed E-state index contributed by atoms with van der Waals surface area (Å²) in [5.41, 5.74) is 4.12. The van der Waals surface area contributed by atoms with E-state index in [1.165, 1.54) is 0 Å². The largest absolute Gasteiger partial charge is 0.416 e. The molecule has 0 atom stereocenters. The van der Waals surface area contributed by atoms with Crippen LogP contribution in [-0.4, -0.2) is 5.91 Å². The zero-order valence-corrected chi connectivity index (χ0v) is 9.84. The van der Waals surface area contributed by atoms with Gasteiger partial charge in [0.15, 0.2) is 0 Å². The van der Waals surface area contributed by atoms with Crippen molar-refractivity contribution in [3.05, 3.63) is 35.4 Å². The molecule has 0 fully saturated rings. The molecular weight excluding hydrogens is 272 g/mol. The molecule has 75 valence electrons. The maximum absolute atomic E-state index is 12.0. The molecule has 14 heavy (non-hydrogen) atoms. The summed E-state index contributed by atoms with van der Waals surface area (Å²) in [6, 6.07) is 3.73. The van der Waals surface area contributed by atoms with Crippen LogP contribution in [0.3, 0.4) is 0 Å². The van der Waals surface area contributed by atoms with E-state index in [0.29, 0.717) is 0 Å². The molecule has 0 unspecified atom stereocenters. The van der Waals surface area contributed by atoms with Gasteiger partial charge in [0, 0.05) is 39.7 Å². The number of alkyl halides is 3. The van der Waals surface area contributed by atoms with E-state index in [9.17, 15) is 18.0 Å². The number of carbonyl (C=O) groups is 1. The van der Waals surface area contributed by atoms with Gasteiger partial charge in [-0.3, -0.25) is 4.79 Å². The van der Waals surface area contributed by atoms with Crippen molar-refractivity contribution in [2.45, 2.75) is 6.18 Å². The van der Waals surface area contributed by atoms with Crippen LogP contribution >= 0.6 is 0 Å². The quantitative estimate of drug-likeness (QED) is 0.840. The van der Waals surface area contributed by atoms with E-state index in [1.54, 1.807) is 0 Å². The average Bonchev–Trinajstić information content (AvgIpc) is 2.03. The molecule has 0 bridgehead atoms. The molecule has 0 aliphatic rings. The van der Waals surface area contributed by atoms with E-state index in [0.717, 1.165) is 24.3 Å². The van der Waals surface area contributed by atoms with Crippen molar-refractivity contribution in [2.75, 3.05) is 0 Å². The summed E-state index contributed by atoms with van der Waals surface area (Å²) in [5, 5.41) is 0. The maximum atomic E-state index is 12.0. The van der Waals surface area contributed by atoms with Gasteiger partial charge in [-0.05, 0) is 24.3 Å². The van der Waals surface area contributed by atoms with E-state index in [1.807, 2.05) is 0 Å². The number of rotatable bonds is 1. The van der Waals surface area contributed by atoms with Gasteiger partial charge in [-0.15, -0.1) is 0 Å². The molecule has 2 N–H and O–H groups in total. The maximum Gasteiger partial charge on any atom is 0.416 e. The molecule has 0 aliphatic carbocycles. The number of hydrogen-bond acceptors (Lipinski definition) is 1. The van der Waals surface area contributed by atoms with Crippen LogP contribution in [0.25, 0.3) is 0 Å². The molecule has 1 aromatic rings. The van der Waals surface area contributed by atoms with Crippen LogP contribution in [0.1, 0.15) is 17.3 Å². The summed E-state index contributed by atoms with van der Waals surface area (Å²) in [7, 11) is 0. The summed E-state index contributed by atoms with van der Waals surface area (Å²) < 4.78 is 36.0. The third-order valence-corrected chi connectivity index (χ3v) is 1.50. The van der Waals surface area contributed by atoms with Crippen molar-refractivity contribution < 1.29 is 52.1 Å². The Morgan fingerprint density at radius 1 is 1.21 bits per heavy atom. The van der Waals surface area contributed by atoms with Crippen LogP contribution < -0.4 is 5.73 Å². The average molecular weight is 280 g/mol. The Balaban J connectivity index is 0. The first-order valence-corrected chi connectivity index (χ1v) is 3.38. The minimum Gasteiger partial charge on any atom is -0.366 e. The second kappa shape index (κ2) is 4.89. The molecule has 0 aliphatic heterocycles. The number of primary amides is 1. The van der Waals surface area contributed by atoms with Crippen molar-refractivity contribution in [2.24, 2.45) is 5.73 Å². The summed E-state index contributed by atoms with van der Waals surface area (Å²) in [6.07, 6.45) is -4.38. The van der Waals surface area contributed by atoms with Crippen LogP contribution in [0.2, 0.25) is 0 Å². The van der Waals surface area contributed by atoms with E-state index < -0.39 is 17.6 Å². The molecule has 1 aromatic carbocycles. The van der Waals surface area contributed by atoms with Crippen molar-refractivity contribution in [1.82, 2.24) is 0 Å². The molecule has 0 aromatic heterocycles.